The zero-order valence-electron chi connectivity index (χ0n) is 11.3. The highest BCUT2D eigenvalue weighted by Gasteiger charge is 2.52. The average molecular weight is 275 g/mol. The van der Waals surface area contributed by atoms with Crippen LogP contribution in [-0.4, -0.2) is 42.6 Å². The highest BCUT2D eigenvalue weighted by Crippen LogP contribution is 2.27. The van der Waals surface area contributed by atoms with Crippen molar-refractivity contribution in [1.82, 2.24) is 15.5 Å². The van der Waals surface area contributed by atoms with E-state index in [1.54, 1.807) is 7.11 Å². The second kappa shape index (κ2) is 4.79. The minimum Gasteiger partial charge on any atom is -0.496 e. The zero-order valence-corrected chi connectivity index (χ0v) is 11.3. The highest BCUT2D eigenvalue weighted by molar-refractivity contribution is 6.07. The second-order valence-corrected chi connectivity index (χ2v) is 5.14. The van der Waals surface area contributed by atoms with Crippen molar-refractivity contribution in [3.05, 3.63) is 29.8 Å². The number of methoxy groups -OCH3 is 1. The van der Waals surface area contributed by atoms with Crippen LogP contribution in [0.2, 0.25) is 0 Å². The highest BCUT2D eigenvalue weighted by atomic mass is 16.5. The SMILES string of the molecule is COc1ccccc1CN1C(=O)NC2(CCNC2)C1=O. The number of imide groups is 1. The van der Waals surface area contributed by atoms with Gasteiger partial charge in [0.1, 0.15) is 11.3 Å². The van der Waals surface area contributed by atoms with Crippen LogP contribution in [0, 0.1) is 0 Å². The van der Waals surface area contributed by atoms with Gasteiger partial charge >= 0.3 is 6.03 Å². The second-order valence-electron chi connectivity index (χ2n) is 5.14. The first-order valence-electron chi connectivity index (χ1n) is 6.63. The molecule has 20 heavy (non-hydrogen) atoms. The molecular formula is C14H17N3O3. The molecule has 1 atom stereocenters. The molecule has 6 heteroatoms. The van der Waals surface area contributed by atoms with Crippen molar-refractivity contribution < 1.29 is 14.3 Å². The number of carbonyl (C=O) groups excluding carboxylic acids is 2. The molecule has 1 aromatic carbocycles. The van der Waals surface area contributed by atoms with Crippen LogP contribution in [0.5, 0.6) is 5.75 Å². The molecule has 3 amide bonds. The van der Waals surface area contributed by atoms with Crippen LogP contribution in [0.1, 0.15) is 12.0 Å². The Morgan fingerprint density at radius 1 is 1.35 bits per heavy atom. The third-order valence-electron chi connectivity index (χ3n) is 3.92. The molecule has 2 saturated heterocycles. The summed E-state index contributed by atoms with van der Waals surface area (Å²) in [4.78, 5) is 25.8. The first kappa shape index (κ1) is 12.9. The van der Waals surface area contributed by atoms with E-state index in [0.717, 1.165) is 12.1 Å². The maximum atomic E-state index is 12.5. The summed E-state index contributed by atoms with van der Waals surface area (Å²) in [7, 11) is 1.58. The third kappa shape index (κ3) is 1.92. The standard InChI is InChI=1S/C14H17N3O3/c1-20-11-5-3-2-4-10(11)8-17-12(18)14(16-13(17)19)6-7-15-9-14/h2-5,15H,6-9H2,1H3,(H,16,19). The van der Waals surface area contributed by atoms with E-state index < -0.39 is 5.54 Å². The first-order chi connectivity index (χ1) is 9.66. The Hall–Kier alpha value is -2.08. The van der Waals surface area contributed by atoms with Crippen LogP contribution in [0.3, 0.4) is 0 Å². The Morgan fingerprint density at radius 2 is 2.15 bits per heavy atom. The first-order valence-corrected chi connectivity index (χ1v) is 6.63. The number of hydrogen-bond donors (Lipinski definition) is 2. The maximum Gasteiger partial charge on any atom is 0.325 e. The number of rotatable bonds is 3. The summed E-state index contributed by atoms with van der Waals surface area (Å²) in [6.45, 7) is 1.48. The largest absolute Gasteiger partial charge is 0.496 e. The van der Waals surface area contributed by atoms with Gasteiger partial charge in [-0.2, -0.15) is 0 Å². The Bertz CT molecular complexity index is 552. The van der Waals surface area contributed by atoms with Crippen molar-refractivity contribution in [2.75, 3.05) is 20.2 Å². The topological polar surface area (TPSA) is 70.7 Å². The summed E-state index contributed by atoms with van der Waals surface area (Å²) in [5.74, 6) is 0.525. The van der Waals surface area contributed by atoms with Crippen LogP contribution in [0.15, 0.2) is 24.3 Å². The molecule has 2 heterocycles. The zero-order chi connectivity index (χ0) is 14.2. The fraction of sp³-hybridized carbons (Fsp3) is 0.429. The van der Waals surface area contributed by atoms with Crippen LogP contribution < -0.4 is 15.4 Å². The molecule has 6 nitrogen and oxygen atoms in total. The predicted octanol–water partition coefficient (Wildman–Crippen LogP) is 0.479. The van der Waals surface area contributed by atoms with E-state index >= 15 is 0 Å². The van der Waals surface area contributed by atoms with Crippen molar-refractivity contribution in [3.63, 3.8) is 0 Å². The van der Waals surface area contributed by atoms with Gasteiger partial charge in [-0.25, -0.2) is 4.79 Å². The number of amides is 3. The number of ether oxygens (including phenoxy) is 1. The Kier molecular flexibility index (Phi) is 3.10. The molecule has 0 aliphatic carbocycles. The van der Waals surface area contributed by atoms with Crippen molar-refractivity contribution in [2.24, 2.45) is 0 Å². The fourth-order valence-corrected chi connectivity index (χ4v) is 2.80. The molecule has 0 radical (unpaired) electrons. The summed E-state index contributed by atoms with van der Waals surface area (Å²) in [5.41, 5.74) is 0.0699. The van der Waals surface area contributed by atoms with Gasteiger partial charge in [-0.15, -0.1) is 0 Å². The predicted molar refractivity (Wildman–Crippen MR) is 72.3 cm³/mol. The summed E-state index contributed by atoms with van der Waals surface area (Å²) >= 11 is 0. The van der Waals surface area contributed by atoms with Gasteiger partial charge in [-0.1, -0.05) is 18.2 Å². The molecular weight excluding hydrogens is 258 g/mol. The van der Waals surface area contributed by atoms with Gasteiger partial charge < -0.3 is 15.4 Å². The van der Waals surface area contributed by atoms with Gasteiger partial charge in [-0.05, 0) is 19.0 Å². The molecule has 2 aliphatic heterocycles. The fourth-order valence-electron chi connectivity index (χ4n) is 2.80. The van der Waals surface area contributed by atoms with Crippen molar-refractivity contribution >= 4 is 11.9 Å². The van der Waals surface area contributed by atoms with Crippen LogP contribution in [0.25, 0.3) is 0 Å². The summed E-state index contributed by atoms with van der Waals surface area (Å²) in [5, 5.41) is 5.95. The van der Waals surface area contributed by atoms with Crippen molar-refractivity contribution in [1.29, 1.82) is 0 Å². The molecule has 0 saturated carbocycles. The lowest BCUT2D eigenvalue weighted by Crippen LogP contribution is -2.48. The molecule has 2 aliphatic rings. The Balaban J connectivity index is 1.84. The normalized spacial score (nSPS) is 25.4. The Labute approximate surface area is 117 Å². The van der Waals surface area contributed by atoms with Crippen molar-refractivity contribution in [3.8, 4) is 5.75 Å². The van der Waals surface area contributed by atoms with Crippen molar-refractivity contribution in [2.45, 2.75) is 18.5 Å². The van der Waals surface area contributed by atoms with E-state index in [0.29, 0.717) is 18.7 Å². The molecule has 1 unspecified atom stereocenters. The Morgan fingerprint density at radius 3 is 2.85 bits per heavy atom. The lowest BCUT2D eigenvalue weighted by Gasteiger charge is -2.19. The maximum absolute atomic E-state index is 12.5. The van der Waals surface area contributed by atoms with Crippen LogP contribution in [0.4, 0.5) is 4.79 Å². The number of nitrogens with zero attached hydrogens (tertiary/aromatic N) is 1. The number of urea groups is 1. The minimum atomic E-state index is -0.751. The summed E-state index contributed by atoms with van der Waals surface area (Å²) in [6.07, 6.45) is 0.639. The van der Waals surface area contributed by atoms with E-state index in [2.05, 4.69) is 10.6 Å². The molecule has 106 valence electrons. The summed E-state index contributed by atoms with van der Waals surface area (Å²) < 4.78 is 5.26. The number of carbonyl (C=O) groups is 2. The van der Waals surface area contributed by atoms with E-state index in [4.69, 9.17) is 4.74 Å². The lowest BCUT2D eigenvalue weighted by molar-refractivity contribution is -0.131. The van der Waals surface area contributed by atoms with Gasteiger partial charge in [0.05, 0.1) is 13.7 Å². The van der Waals surface area contributed by atoms with E-state index in [-0.39, 0.29) is 18.5 Å². The molecule has 0 bridgehead atoms. The third-order valence-corrected chi connectivity index (χ3v) is 3.92. The minimum absolute atomic E-state index is 0.154. The molecule has 2 N–H and O–H groups in total. The smallest absolute Gasteiger partial charge is 0.325 e. The molecule has 3 rings (SSSR count). The molecule has 2 fully saturated rings. The number of para-hydroxylation sites is 1. The number of hydrogen-bond acceptors (Lipinski definition) is 4. The van der Waals surface area contributed by atoms with Gasteiger partial charge in [0.25, 0.3) is 5.91 Å². The van der Waals surface area contributed by atoms with Crippen LogP contribution in [-0.2, 0) is 11.3 Å². The van der Waals surface area contributed by atoms with Gasteiger partial charge in [-0.3, -0.25) is 9.69 Å². The lowest BCUT2D eigenvalue weighted by atomic mass is 9.99. The quantitative estimate of drug-likeness (QED) is 0.787. The number of benzene rings is 1. The summed E-state index contributed by atoms with van der Waals surface area (Å²) in [6, 6.07) is 7.07. The van der Waals surface area contributed by atoms with Crippen LogP contribution >= 0.6 is 0 Å². The van der Waals surface area contributed by atoms with Gasteiger partial charge in [0.15, 0.2) is 0 Å². The molecule has 1 spiro atoms. The average Bonchev–Trinajstić information content (AvgIpc) is 3.01. The molecule has 0 aromatic heterocycles. The van der Waals surface area contributed by atoms with E-state index in [1.165, 1.54) is 4.90 Å². The van der Waals surface area contributed by atoms with E-state index in [1.807, 2.05) is 24.3 Å². The monoisotopic (exact) mass is 275 g/mol. The van der Waals surface area contributed by atoms with Gasteiger partial charge in [0, 0.05) is 12.1 Å². The number of nitrogens with one attached hydrogen (secondary N) is 2. The molecule has 1 aromatic rings. The van der Waals surface area contributed by atoms with E-state index in [9.17, 15) is 9.59 Å². The van der Waals surface area contributed by atoms with Gasteiger partial charge in [0.2, 0.25) is 0 Å².